The van der Waals surface area contributed by atoms with E-state index < -0.39 is 5.91 Å². The molecule has 0 bridgehead atoms. The minimum absolute atomic E-state index is 0.0392. The average molecular weight is 353 g/mol. The molecule has 0 radical (unpaired) electrons. The van der Waals surface area contributed by atoms with Crippen molar-refractivity contribution in [3.8, 4) is 23.8 Å². The van der Waals surface area contributed by atoms with E-state index in [1.165, 1.54) is 0 Å². The number of carbonyl (C=O) groups is 2. The number of hydrogen-bond donors (Lipinski definition) is 0. The third-order valence-electron chi connectivity index (χ3n) is 3.85. The van der Waals surface area contributed by atoms with E-state index in [2.05, 4.69) is 5.92 Å². The molecule has 6 heteroatoms. The molecule has 5 nitrogen and oxygen atoms in total. The van der Waals surface area contributed by atoms with Crippen LogP contribution in [0.5, 0.6) is 11.5 Å². The maximum absolute atomic E-state index is 12.4. The molecule has 1 fully saturated rings. The molecular formula is C19H15NO4S. The maximum atomic E-state index is 12.4. The van der Waals surface area contributed by atoms with Crippen molar-refractivity contribution < 1.29 is 19.1 Å². The second-order valence-corrected chi connectivity index (χ2v) is 6.23. The molecule has 2 amide bonds. The van der Waals surface area contributed by atoms with Crippen molar-refractivity contribution in [2.45, 2.75) is 0 Å². The van der Waals surface area contributed by atoms with Crippen molar-refractivity contribution in [2.75, 3.05) is 20.8 Å². The fraction of sp³-hybridized carbons (Fsp3) is 0.158. The number of nitrogens with zero attached hydrogens (tertiary/aromatic N) is 1. The third-order valence-corrected chi connectivity index (χ3v) is 4.76. The zero-order valence-electron chi connectivity index (χ0n) is 13.7. The minimum Gasteiger partial charge on any atom is -0.497 e. The van der Waals surface area contributed by atoms with Crippen LogP contribution in [-0.4, -0.2) is 36.8 Å². The van der Waals surface area contributed by atoms with Crippen LogP contribution >= 0.6 is 11.8 Å². The second-order valence-electron chi connectivity index (χ2n) is 5.24. The second kappa shape index (κ2) is 6.91. The normalized spacial score (nSPS) is 15.7. The summed E-state index contributed by atoms with van der Waals surface area (Å²) in [5.41, 5.74) is 0.713. The van der Waals surface area contributed by atoms with Crippen LogP contribution < -0.4 is 9.47 Å². The van der Waals surface area contributed by atoms with Crippen LogP contribution in [0.3, 0.4) is 0 Å². The molecule has 0 spiro atoms. The lowest BCUT2D eigenvalue weighted by atomic mass is 10.0. The van der Waals surface area contributed by atoms with Gasteiger partial charge in [-0.05, 0) is 46.8 Å². The Morgan fingerprint density at radius 2 is 1.96 bits per heavy atom. The number of carbonyl (C=O) groups excluding carboxylic acids is 2. The molecule has 0 aromatic heterocycles. The number of hydrogen-bond acceptors (Lipinski definition) is 5. The summed E-state index contributed by atoms with van der Waals surface area (Å²) in [6, 6.07) is 9.41. The van der Waals surface area contributed by atoms with E-state index >= 15 is 0 Å². The first-order valence-electron chi connectivity index (χ1n) is 7.42. The Morgan fingerprint density at radius 3 is 2.64 bits per heavy atom. The van der Waals surface area contributed by atoms with E-state index in [1.807, 2.05) is 30.3 Å². The first-order chi connectivity index (χ1) is 12.1. The van der Waals surface area contributed by atoms with Gasteiger partial charge in [-0.1, -0.05) is 18.1 Å². The summed E-state index contributed by atoms with van der Waals surface area (Å²) in [7, 11) is 3.15. The highest BCUT2D eigenvalue weighted by Gasteiger charge is 2.34. The Kier molecular flexibility index (Phi) is 4.68. The SMILES string of the molecule is C#CCN1C(=O)S/C(=C\c2c(OC)ccc3ccc(OC)cc23)C1=O. The standard InChI is InChI=1S/C19H15NO4S/c1-4-9-20-18(21)17(25-19(20)22)11-15-14-10-13(23-2)7-5-12(14)6-8-16(15)24-3/h1,5-8,10-11H,9H2,2-3H3/b17-11-. The van der Waals surface area contributed by atoms with Crippen LogP contribution in [0.4, 0.5) is 4.79 Å². The smallest absolute Gasteiger partial charge is 0.294 e. The first kappa shape index (κ1) is 16.9. The first-order valence-corrected chi connectivity index (χ1v) is 8.24. The molecule has 2 aromatic rings. The van der Waals surface area contributed by atoms with Gasteiger partial charge < -0.3 is 9.47 Å². The van der Waals surface area contributed by atoms with Gasteiger partial charge >= 0.3 is 0 Å². The van der Waals surface area contributed by atoms with Crippen LogP contribution in [0, 0.1) is 12.3 Å². The largest absolute Gasteiger partial charge is 0.497 e. The van der Waals surface area contributed by atoms with E-state index in [0.717, 1.165) is 27.4 Å². The molecule has 1 aliphatic heterocycles. The number of ether oxygens (including phenoxy) is 2. The number of terminal acetylenes is 1. The fourth-order valence-electron chi connectivity index (χ4n) is 2.61. The van der Waals surface area contributed by atoms with Crippen molar-refractivity contribution in [1.29, 1.82) is 0 Å². The average Bonchev–Trinajstić information content (AvgIpc) is 2.89. The molecule has 126 valence electrons. The van der Waals surface area contributed by atoms with E-state index in [1.54, 1.807) is 20.3 Å². The van der Waals surface area contributed by atoms with Crippen molar-refractivity contribution >= 4 is 39.8 Å². The van der Waals surface area contributed by atoms with Gasteiger partial charge in [0.05, 0.1) is 25.7 Å². The molecule has 25 heavy (non-hydrogen) atoms. The predicted octanol–water partition coefficient (Wildman–Crippen LogP) is 3.53. The van der Waals surface area contributed by atoms with Gasteiger partial charge in [0.15, 0.2) is 0 Å². The van der Waals surface area contributed by atoms with Crippen molar-refractivity contribution in [1.82, 2.24) is 4.90 Å². The van der Waals surface area contributed by atoms with Crippen LogP contribution in [0.2, 0.25) is 0 Å². The summed E-state index contributed by atoms with van der Waals surface area (Å²) in [6.45, 7) is -0.0392. The highest BCUT2D eigenvalue weighted by atomic mass is 32.2. The molecule has 2 aromatic carbocycles. The van der Waals surface area contributed by atoms with E-state index in [9.17, 15) is 9.59 Å². The minimum atomic E-state index is -0.394. The lowest BCUT2D eigenvalue weighted by molar-refractivity contribution is -0.122. The molecule has 1 heterocycles. The Balaban J connectivity index is 2.16. The summed E-state index contributed by atoms with van der Waals surface area (Å²) in [5, 5.41) is 1.46. The zero-order chi connectivity index (χ0) is 18.0. The maximum Gasteiger partial charge on any atom is 0.294 e. The van der Waals surface area contributed by atoms with E-state index in [0.29, 0.717) is 22.0 Å². The molecule has 1 saturated heterocycles. The Bertz CT molecular complexity index is 937. The molecule has 0 atom stereocenters. The summed E-state index contributed by atoms with van der Waals surface area (Å²) in [4.78, 5) is 25.8. The molecule has 0 N–H and O–H groups in total. The van der Waals surface area contributed by atoms with Gasteiger partial charge in [-0.15, -0.1) is 6.42 Å². The highest BCUT2D eigenvalue weighted by Crippen LogP contribution is 2.37. The summed E-state index contributed by atoms with van der Waals surface area (Å²) < 4.78 is 10.7. The number of benzene rings is 2. The van der Waals surface area contributed by atoms with Gasteiger partial charge in [-0.2, -0.15) is 0 Å². The molecule has 0 unspecified atom stereocenters. The highest BCUT2D eigenvalue weighted by molar-refractivity contribution is 8.18. The third kappa shape index (κ3) is 3.06. The quantitative estimate of drug-likeness (QED) is 0.622. The van der Waals surface area contributed by atoms with Gasteiger partial charge in [0.25, 0.3) is 11.1 Å². The summed E-state index contributed by atoms with van der Waals surface area (Å²) >= 11 is 0.870. The number of thioether (sulfide) groups is 1. The summed E-state index contributed by atoms with van der Waals surface area (Å²) in [6.07, 6.45) is 6.89. The van der Waals surface area contributed by atoms with Crippen LogP contribution in [0.15, 0.2) is 35.2 Å². The molecular weight excluding hydrogens is 338 g/mol. The Hall–Kier alpha value is -2.91. The molecule has 3 rings (SSSR count). The molecule has 1 aliphatic rings. The van der Waals surface area contributed by atoms with E-state index in [4.69, 9.17) is 15.9 Å². The topological polar surface area (TPSA) is 55.8 Å². The number of fused-ring (bicyclic) bond motifs is 1. The molecule has 0 aliphatic carbocycles. The fourth-order valence-corrected chi connectivity index (χ4v) is 3.43. The predicted molar refractivity (Wildman–Crippen MR) is 98.6 cm³/mol. The Labute approximate surface area is 149 Å². The summed E-state index contributed by atoms with van der Waals surface area (Å²) in [5.74, 6) is 3.22. The van der Waals surface area contributed by atoms with Crippen molar-refractivity contribution in [2.24, 2.45) is 0 Å². The monoisotopic (exact) mass is 353 g/mol. The number of rotatable bonds is 4. The zero-order valence-corrected chi connectivity index (χ0v) is 14.6. The van der Waals surface area contributed by atoms with Crippen LogP contribution in [-0.2, 0) is 4.79 Å². The van der Waals surface area contributed by atoms with Gasteiger partial charge in [-0.25, -0.2) is 0 Å². The lowest BCUT2D eigenvalue weighted by Crippen LogP contribution is -2.28. The van der Waals surface area contributed by atoms with Gasteiger partial charge in [0, 0.05) is 5.56 Å². The lowest BCUT2D eigenvalue weighted by Gasteiger charge is -2.11. The van der Waals surface area contributed by atoms with Crippen molar-refractivity contribution in [3.63, 3.8) is 0 Å². The van der Waals surface area contributed by atoms with Crippen LogP contribution in [0.1, 0.15) is 5.56 Å². The van der Waals surface area contributed by atoms with Crippen molar-refractivity contribution in [3.05, 3.63) is 40.8 Å². The van der Waals surface area contributed by atoms with Gasteiger partial charge in [0.1, 0.15) is 11.5 Å². The van der Waals surface area contributed by atoms with Gasteiger partial charge in [-0.3, -0.25) is 14.5 Å². The number of amides is 2. The molecule has 0 saturated carbocycles. The van der Waals surface area contributed by atoms with Gasteiger partial charge in [0.2, 0.25) is 0 Å². The van der Waals surface area contributed by atoms with E-state index in [-0.39, 0.29) is 11.8 Å². The number of imide groups is 1. The number of methoxy groups -OCH3 is 2. The van der Waals surface area contributed by atoms with Crippen LogP contribution in [0.25, 0.3) is 16.8 Å². The Morgan fingerprint density at radius 1 is 1.20 bits per heavy atom.